The zero-order valence-electron chi connectivity index (χ0n) is 20.4. The van der Waals surface area contributed by atoms with Crippen LogP contribution in [0, 0.1) is 20.8 Å². The minimum atomic E-state index is -3.74. The highest BCUT2D eigenvalue weighted by Crippen LogP contribution is 2.24. The van der Waals surface area contributed by atoms with E-state index in [0.29, 0.717) is 12.2 Å². The molecule has 1 atom stereocenters. The van der Waals surface area contributed by atoms with Gasteiger partial charge in [-0.25, -0.2) is 8.42 Å². The third kappa shape index (κ3) is 7.32. The summed E-state index contributed by atoms with van der Waals surface area (Å²) in [6.45, 7) is 9.59. The lowest BCUT2D eigenvalue weighted by Gasteiger charge is -2.32. The second-order valence-corrected chi connectivity index (χ2v) is 10.4. The Balaban J connectivity index is 2.40. The van der Waals surface area contributed by atoms with Crippen LogP contribution in [0.15, 0.2) is 42.5 Å². The van der Waals surface area contributed by atoms with Gasteiger partial charge in [-0.15, -0.1) is 0 Å². The Morgan fingerprint density at radius 1 is 1.00 bits per heavy atom. The lowest BCUT2D eigenvalue weighted by molar-refractivity contribution is -0.139. The number of amides is 2. The van der Waals surface area contributed by atoms with Crippen molar-refractivity contribution < 1.29 is 18.0 Å². The van der Waals surface area contributed by atoms with Crippen molar-refractivity contribution in [2.24, 2.45) is 0 Å². The first-order chi connectivity index (χ1) is 15.4. The maximum absolute atomic E-state index is 13.5. The summed E-state index contributed by atoms with van der Waals surface area (Å²) in [5, 5.41) is 2.83. The van der Waals surface area contributed by atoms with E-state index in [-0.39, 0.29) is 19.0 Å². The number of hydrogen-bond donors (Lipinski definition) is 1. The van der Waals surface area contributed by atoms with Crippen LogP contribution in [0.4, 0.5) is 5.69 Å². The summed E-state index contributed by atoms with van der Waals surface area (Å²) in [6.07, 6.45) is 1.86. The fraction of sp³-hybridized carbons (Fsp3) is 0.440. The zero-order chi connectivity index (χ0) is 24.8. The standard InChI is InChI=1S/C25H35N3O4S/c1-7-14-26-25(30)21(5)27(16-22-12-9-18(2)10-13-22)24(29)17-28(33(6,31)32)23-15-19(3)8-11-20(23)4/h8-13,15,21H,7,14,16-17H2,1-6H3,(H,26,30)/t21-/m1/s1. The Bertz CT molecular complexity index is 1080. The number of benzene rings is 2. The van der Waals surface area contributed by atoms with Crippen molar-refractivity contribution in [2.75, 3.05) is 23.7 Å². The van der Waals surface area contributed by atoms with E-state index in [4.69, 9.17) is 0 Å². The van der Waals surface area contributed by atoms with E-state index < -0.39 is 22.0 Å². The van der Waals surface area contributed by atoms with E-state index in [2.05, 4.69) is 5.32 Å². The molecule has 2 amide bonds. The molecule has 7 nitrogen and oxygen atoms in total. The predicted octanol–water partition coefficient (Wildman–Crippen LogP) is 3.32. The molecule has 0 saturated heterocycles. The summed E-state index contributed by atoms with van der Waals surface area (Å²) in [5.74, 6) is -0.712. The number of hydrogen-bond acceptors (Lipinski definition) is 4. The summed E-state index contributed by atoms with van der Waals surface area (Å²) in [4.78, 5) is 27.7. The van der Waals surface area contributed by atoms with Crippen molar-refractivity contribution >= 4 is 27.5 Å². The van der Waals surface area contributed by atoms with Gasteiger partial charge in [0.25, 0.3) is 0 Å². The molecule has 2 rings (SSSR count). The van der Waals surface area contributed by atoms with Crippen molar-refractivity contribution in [1.29, 1.82) is 0 Å². The summed E-state index contributed by atoms with van der Waals surface area (Å²) in [5.41, 5.74) is 4.05. The van der Waals surface area contributed by atoms with Crippen molar-refractivity contribution in [2.45, 2.75) is 53.6 Å². The molecule has 0 spiro atoms. The smallest absolute Gasteiger partial charge is 0.244 e. The second kappa shape index (κ2) is 11.3. The Labute approximate surface area is 197 Å². The average molecular weight is 474 g/mol. The van der Waals surface area contributed by atoms with Gasteiger partial charge in [-0.1, -0.05) is 48.9 Å². The highest BCUT2D eigenvalue weighted by atomic mass is 32.2. The van der Waals surface area contributed by atoms with Gasteiger partial charge in [-0.05, 0) is 56.9 Å². The largest absolute Gasteiger partial charge is 0.354 e. The first-order valence-electron chi connectivity index (χ1n) is 11.1. The van der Waals surface area contributed by atoms with Gasteiger partial charge in [0, 0.05) is 13.1 Å². The van der Waals surface area contributed by atoms with Crippen molar-refractivity contribution in [3.63, 3.8) is 0 Å². The van der Waals surface area contributed by atoms with Crippen LogP contribution in [0.1, 0.15) is 42.5 Å². The summed E-state index contributed by atoms with van der Waals surface area (Å²) < 4.78 is 26.5. The fourth-order valence-electron chi connectivity index (χ4n) is 3.45. The minimum absolute atomic E-state index is 0.199. The van der Waals surface area contributed by atoms with Gasteiger partial charge < -0.3 is 10.2 Å². The van der Waals surface area contributed by atoms with Crippen molar-refractivity contribution in [3.8, 4) is 0 Å². The van der Waals surface area contributed by atoms with Crippen LogP contribution in [0.25, 0.3) is 0 Å². The molecule has 0 aromatic heterocycles. The predicted molar refractivity (Wildman–Crippen MR) is 133 cm³/mol. The molecule has 0 aliphatic carbocycles. The molecule has 0 unspecified atom stereocenters. The normalized spacial score (nSPS) is 12.2. The lowest BCUT2D eigenvalue weighted by atomic mass is 10.1. The molecule has 0 aliphatic heterocycles. The van der Waals surface area contributed by atoms with Crippen LogP contribution >= 0.6 is 0 Å². The Morgan fingerprint density at radius 3 is 2.18 bits per heavy atom. The number of anilines is 1. The number of carbonyl (C=O) groups excluding carboxylic acids is 2. The van der Waals surface area contributed by atoms with Crippen molar-refractivity contribution in [3.05, 3.63) is 64.7 Å². The monoisotopic (exact) mass is 473 g/mol. The summed E-state index contributed by atoms with van der Waals surface area (Å²) in [6, 6.07) is 12.4. The molecular weight excluding hydrogens is 438 g/mol. The third-order valence-corrected chi connectivity index (χ3v) is 6.63. The zero-order valence-corrected chi connectivity index (χ0v) is 21.2. The molecule has 0 fully saturated rings. The topological polar surface area (TPSA) is 86.8 Å². The molecule has 33 heavy (non-hydrogen) atoms. The van der Waals surface area contributed by atoms with Gasteiger partial charge in [-0.2, -0.15) is 0 Å². The van der Waals surface area contributed by atoms with Gasteiger partial charge in [0.05, 0.1) is 11.9 Å². The molecule has 0 heterocycles. The Kier molecular flexibility index (Phi) is 9.05. The van der Waals surface area contributed by atoms with E-state index in [1.54, 1.807) is 13.0 Å². The van der Waals surface area contributed by atoms with E-state index in [1.807, 2.05) is 64.1 Å². The summed E-state index contributed by atoms with van der Waals surface area (Å²) in [7, 11) is -3.74. The van der Waals surface area contributed by atoms with Gasteiger partial charge in [0.1, 0.15) is 12.6 Å². The minimum Gasteiger partial charge on any atom is -0.354 e. The number of aryl methyl sites for hydroxylation is 3. The SMILES string of the molecule is CCCNC(=O)[C@@H](C)N(Cc1ccc(C)cc1)C(=O)CN(c1cc(C)ccc1C)S(C)(=O)=O. The number of sulfonamides is 1. The molecule has 0 radical (unpaired) electrons. The van der Waals surface area contributed by atoms with Crippen LogP contribution in [0.3, 0.4) is 0 Å². The molecule has 8 heteroatoms. The number of nitrogens with one attached hydrogen (secondary N) is 1. The number of carbonyl (C=O) groups is 2. The lowest BCUT2D eigenvalue weighted by Crippen LogP contribution is -2.51. The van der Waals surface area contributed by atoms with Gasteiger partial charge in [0.15, 0.2) is 0 Å². The highest BCUT2D eigenvalue weighted by molar-refractivity contribution is 7.92. The number of nitrogens with zero attached hydrogens (tertiary/aromatic N) is 2. The van der Waals surface area contributed by atoms with Gasteiger partial charge in [0.2, 0.25) is 21.8 Å². The quantitative estimate of drug-likeness (QED) is 0.574. The molecule has 2 aromatic carbocycles. The molecular formula is C25H35N3O4S. The molecule has 1 N–H and O–H groups in total. The van der Waals surface area contributed by atoms with Crippen LogP contribution in [-0.4, -0.2) is 50.5 Å². The van der Waals surface area contributed by atoms with E-state index >= 15 is 0 Å². The van der Waals surface area contributed by atoms with Crippen LogP contribution < -0.4 is 9.62 Å². The van der Waals surface area contributed by atoms with Gasteiger partial charge >= 0.3 is 0 Å². The molecule has 180 valence electrons. The first kappa shape index (κ1) is 26.4. The second-order valence-electron chi connectivity index (χ2n) is 8.53. The molecule has 0 bridgehead atoms. The molecule has 2 aromatic rings. The van der Waals surface area contributed by atoms with Gasteiger partial charge in [-0.3, -0.25) is 13.9 Å². The number of rotatable bonds is 10. The maximum atomic E-state index is 13.5. The van der Waals surface area contributed by atoms with Crippen LogP contribution in [-0.2, 0) is 26.2 Å². The highest BCUT2D eigenvalue weighted by Gasteiger charge is 2.30. The maximum Gasteiger partial charge on any atom is 0.244 e. The van der Waals surface area contributed by atoms with E-state index in [9.17, 15) is 18.0 Å². The van der Waals surface area contributed by atoms with E-state index in [1.165, 1.54) is 4.90 Å². The molecule has 0 saturated carbocycles. The van der Waals surface area contributed by atoms with Crippen LogP contribution in [0.2, 0.25) is 0 Å². The van der Waals surface area contributed by atoms with E-state index in [0.717, 1.165) is 39.2 Å². The molecule has 0 aliphatic rings. The fourth-order valence-corrected chi connectivity index (χ4v) is 4.35. The first-order valence-corrected chi connectivity index (χ1v) is 13.0. The van der Waals surface area contributed by atoms with Crippen LogP contribution in [0.5, 0.6) is 0 Å². The third-order valence-electron chi connectivity index (χ3n) is 5.50. The summed E-state index contributed by atoms with van der Waals surface area (Å²) >= 11 is 0. The Hall–Kier alpha value is -2.87. The van der Waals surface area contributed by atoms with Crippen molar-refractivity contribution in [1.82, 2.24) is 10.2 Å². The average Bonchev–Trinajstić information content (AvgIpc) is 2.75. The Morgan fingerprint density at radius 2 is 1.61 bits per heavy atom.